The Balaban J connectivity index is 0.000000360. The average Bonchev–Trinajstić information content (AvgIpc) is 3.32. The van der Waals surface area contributed by atoms with Crippen molar-refractivity contribution in [1.29, 1.82) is 0 Å². The van der Waals surface area contributed by atoms with Gasteiger partial charge in [0, 0.05) is 44.8 Å². The summed E-state index contributed by atoms with van der Waals surface area (Å²) in [6.45, 7) is 7.39. The first-order valence-corrected chi connectivity index (χ1v) is 22.1. The van der Waals surface area contributed by atoms with E-state index in [0.29, 0.717) is 41.2 Å². The number of halogens is 1. The number of hydrogen-bond donors (Lipinski definition) is 8. The molecule has 0 unspecified atom stereocenters. The van der Waals surface area contributed by atoms with Crippen molar-refractivity contribution in [3.05, 3.63) is 130 Å². The van der Waals surface area contributed by atoms with Crippen molar-refractivity contribution in [2.45, 2.75) is 45.9 Å². The molecule has 16 nitrogen and oxygen atoms in total. The summed E-state index contributed by atoms with van der Waals surface area (Å²) >= 11 is 3.10. The van der Waals surface area contributed by atoms with Gasteiger partial charge in [-0.3, -0.25) is 38.8 Å². The molecule has 4 rings (SSSR count). The summed E-state index contributed by atoms with van der Waals surface area (Å²) in [7, 11) is 3.64. The first-order chi connectivity index (χ1) is 32.5. The number of alkyl halides is 1. The van der Waals surface area contributed by atoms with Crippen LogP contribution in [0, 0.1) is 53.3 Å². The minimum atomic E-state index is -1.30. The summed E-state index contributed by atoms with van der Waals surface area (Å²) in [6.07, 6.45) is -1.20. The van der Waals surface area contributed by atoms with E-state index in [1.807, 2.05) is 27.9 Å². The van der Waals surface area contributed by atoms with E-state index >= 15 is 0 Å². The van der Waals surface area contributed by atoms with E-state index in [-0.39, 0.29) is 34.5 Å². The normalized spacial score (nSPS) is 11.2. The standard InChI is InChI=1S/C26H26BrN3O4.C25H26N4O5/c1-4-34-30-26(33)24(18(2)3)29-25(32)21-13-9-19(10-14-21)7-5-6-8-20-11-15-22(16-12-20)28-23(31)17-27;1-17(30)23(25(33)28-34)27-24(32)20-12-8-18(9-13-20)6-4-5-7-19-10-14-21(15-11-19)26-22(31)16-29(2)3/h9-16,18,24H,4,17H2,1-3H3,(H,28,31)(H,29,32)(H,30,33);8-15,17,23,30,34H,16H2,1-3H3,(H,26,31)(H,27,32)(H,28,33)/t24-;17-,23+/m01/s1. The SMILES string of the molecule is CCONC(=O)[C@@H](NC(=O)c1ccc(C#CC#Cc2ccc(NC(=O)CBr)cc2)cc1)C(C)C.C[C@@H](O)[C@H](NC(=O)c1ccc(C#CC#Cc2ccc(NC(=O)CN(C)C)cc2)cc1)C(=O)NO. The van der Waals surface area contributed by atoms with E-state index in [0.717, 1.165) is 11.1 Å². The van der Waals surface area contributed by atoms with Crippen LogP contribution in [0.4, 0.5) is 11.4 Å². The predicted molar refractivity (Wildman–Crippen MR) is 262 cm³/mol. The molecule has 3 atom stereocenters. The highest BCUT2D eigenvalue weighted by Gasteiger charge is 2.26. The van der Waals surface area contributed by atoms with E-state index in [4.69, 9.17) is 10.0 Å². The van der Waals surface area contributed by atoms with Gasteiger partial charge in [-0.15, -0.1) is 0 Å². The summed E-state index contributed by atoms with van der Waals surface area (Å²) in [5.41, 5.74) is 8.63. The zero-order valence-corrected chi connectivity index (χ0v) is 39.8. The molecule has 0 aliphatic heterocycles. The van der Waals surface area contributed by atoms with Gasteiger partial charge in [-0.25, -0.2) is 11.0 Å². The van der Waals surface area contributed by atoms with E-state index in [9.17, 15) is 33.9 Å². The van der Waals surface area contributed by atoms with E-state index < -0.39 is 35.9 Å². The zero-order chi connectivity index (χ0) is 50.0. The lowest BCUT2D eigenvalue weighted by atomic mass is 10.0. The number of benzene rings is 4. The number of hydroxylamine groups is 2. The van der Waals surface area contributed by atoms with Gasteiger partial charge in [-0.2, -0.15) is 0 Å². The molecule has 0 spiro atoms. The third-order valence-electron chi connectivity index (χ3n) is 8.88. The zero-order valence-electron chi connectivity index (χ0n) is 38.2. The maximum atomic E-state index is 12.6. The van der Waals surface area contributed by atoms with Crippen LogP contribution in [0.3, 0.4) is 0 Å². The van der Waals surface area contributed by atoms with Crippen molar-refractivity contribution in [2.24, 2.45) is 5.92 Å². The second-order valence-electron chi connectivity index (χ2n) is 15.0. The van der Waals surface area contributed by atoms with E-state index in [2.05, 4.69) is 90.0 Å². The molecule has 0 aliphatic carbocycles. The quantitative estimate of drug-likeness (QED) is 0.0372. The third-order valence-corrected chi connectivity index (χ3v) is 9.39. The lowest BCUT2D eigenvalue weighted by Crippen LogP contribution is -2.51. The second kappa shape index (κ2) is 29.0. The third kappa shape index (κ3) is 19.8. The summed E-state index contributed by atoms with van der Waals surface area (Å²) < 4.78 is 0. The number of aliphatic hydroxyl groups excluding tert-OH is 1. The van der Waals surface area contributed by atoms with Gasteiger partial charge in [-0.05, 0) is 155 Å². The molecule has 4 aromatic carbocycles. The second-order valence-corrected chi connectivity index (χ2v) is 15.6. The van der Waals surface area contributed by atoms with Crippen molar-refractivity contribution in [2.75, 3.05) is 43.2 Å². The number of likely N-dealkylation sites (N-methyl/N-ethyl adjacent to an activating group) is 1. The van der Waals surface area contributed by atoms with Gasteiger partial charge in [0.25, 0.3) is 23.6 Å². The van der Waals surface area contributed by atoms with Crippen LogP contribution in [0.5, 0.6) is 0 Å². The highest BCUT2D eigenvalue weighted by molar-refractivity contribution is 9.09. The Hall–Kier alpha value is -7.74. The lowest BCUT2D eigenvalue weighted by molar-refractivity contribution is -0.136. The van der Waals surface area contributed by atoms with Crippen molar-refractivity contribution in [1.82, 2.24) is 26.5 Å². The van der Waals surface area contributed by atoms with Crippen molar-refractivity contribution < 1.29 is 43.9 Å². The van der Waals surface area contributed by atoms with Crippen LogP contribution in [0.1, 0.15) is 70.7 Å². The maximum Gasteiger partial charge on any atom is 0.268 e. The molecule has 0 aliphatic rings. The van der Waals surface area contributed by atoms with Crippen molar-refractivity contribution in [3.63, 3.8) is 0 Å². The number of anilines is 2. The van der Waals surface area contributed by atoms with Crippen LogP contribution in [0.15, 0.2) is 97.1 Å². The largest absolute Gasteiger partial charge is 0.391 e. The number of hydrogen-bond acceptors (Lipinski definition) is 10. The van der Waals surface area contributed by atoms with Gasteiger partial charge < -0.3 is 31.3 Å². The van der Waals surface area contributed by atoms with Crippen LogP contribution in [0.25, 0.3) is 0 Å². The van der Waals surface area contributed by atoms with Crippen LogP contribution in [-0.4, -0.2) is 101 Å². The van der Waals surface area contributed by atoms with Gasteiger partial charge in [0.05, 0.1) is 24.6 Å². The fraction of sp³-hybridized carbons (Fsp3) is 0.255. The molecule has 0 saturated heterocycles. The highest BCUT2D eigenvalue weighted by atomic mass is 79.9. The fourth-order valence-corrected chi connectivity index (χ4v) is 5.59. The van der Waals surface area contributed by atoms with Gasteiger partial charge >= 0.3 is 0 Å². The summed E-state index contributed by atoms with van der Waals surface area (Å²) in [5.74, 6) is 20.1. The number of carbonyl (C=O) groups excluding carboxylic acids is 6. The molecular weight excluding hydrogens is 935 g/mol. The van der Waals surface area contributed by atoms with Crippen molar-refractivity contribution >= 4 is 62.7 Å². The van der Waals surface area contributed by atoms with E-state index in [1.54, 1.807) is 96.8 Å². The van der Waals surface area contributed by atoms with Gasteiger partial charge in [0.2, 0.25) is 11.8 Å². The summed E-state index contributed by atoms with van der Waals surface area (Å²) in [5, 5.41) is 29.2. The molecule has 0 aromatic heterocycles. The minimum Gasteiger partial charge on any atom is -0.391 e. The average molecular weight is 987 g/mol. The smallest absolute Gasteiger partial charge is 0.268 e. The molecule has 0 saturated carbocycles. The molecule has 8 N–H and O–H groups in total. The molecule has 0 fully saturated rings. The fourth-order valence-electron chi connectivity index (χ4n) is 5.45. The molecule has 352 valence electrons. The molecule has 17 heteroatoms. The molecule has 68 heavy (non-hydrogen) atoms. The first-order valence-electron chi connectivity index (χ1n) is 20.9. The predicted octanol–water partition coefficient (Wildman–Crippen LogP) is 3.82. The minimum absolute atomic E-state index is 0.100. The number of nitrogens with zero attached hydrogens (tertiary/aromatic N) is 1. The number of amides is 6. The molecule has 4 aromatic rings. The highest BCUT2D eigenvalue weighted by Crippen LogP contribution is 2.11. The first kappa shape index (κ1) is 54.6. The van der Waals surface area contributed by atoms with Gasteiger partial charge in [0.15, 0.2) is 0 Å². The number of aliphatic hydroxyl groups is 1. The molecule has 0 radical (unpaired) electrons. The topological polar surface area (TPSA) is 228 Å². The van der Waals surface area contributed by atoms with Crippen LogP contribution < -0.4 is 32.2 Å². The number of carbonyl (C=O) groups is 6. The maximum absolute atomic E-state index is 12.6. The van der Waals surface area contributed by atoms with Gasteiger partial charge in [-0.1, -0.05) is 53.5 Å². The number of rotatable bonds is 15. The van der Waals surface area contributed by atoms with E-state index in [1.165, 1.54) is 24.5 Å². The Bertz CT molecular complexity index is 2620. The monoisotopic (exact) mass is 985 g/mol. The summed E-state index contributed by atoms with van der Waals surface area (Å²) in [6, 6.07) is 25.2. The molecule has 6 amide bonds. The van der Waals surface area contributed by atoms with Crippen LogP contribution >= 0.6 is 15.9 Å². The number of nitrogens with one attached hydrogen (secondary N) is 6. The lowest BCUT2D eigenvalue weighted by Gasteiger charge is -2.21. The molecular formula is C51H52BrN7O9. The Morgan fingerprint density at radius 1 is 0.603 bits per heavy atom. The van der Waals surface area contributed by atoms with Gasteiger partial charge in [0.1, 0.15) is 12.1 Å². The summed E-state index contributed by atoms with van der Waals surface area (Å²) in [4.78, 5) is 78.4. The Kier molecular flexibility index (Phi) is 23.3. The molecule has 0 bridgehead atoms. The van der Waals surface area contributed by atoms with Crippen LogP contribution in [-0.2, 0) is 24.0 Å². The molecule has 0 heterocycles. The van der Waals surface area contributed by atoms with Crippen molar-refractivity contribution in [3.8, 4) is 47.4 Å². The Labute approximate surface area is 404 Å². The van der Waals surface area contributed by atoms with Crippen LogP contribution in [0.2, 0.25) is 0 Å². The Morgan fingerprint density at radius 3 is 1.32 bits per heavy atom. The Morgan fingerprint density at radius 2 is 0.985 bits per heavy atom.